The summed E-state index contributed by atoms with van der Waals surface area (Å²) in [6.45, 7) is 12.1. The molecular weight excluding hydrogens is 296 g/mol. The maximum atomic E-state index is 6.25. The number of ether oxygens (including phenoxy) is 1. The van der Waals surface area contributed by atoms with E-state index in [2.05, 4.69) is 58.1 Å². The summed E-state index contributed by atoms with van der Waals surface area (Å²) in [7, 11) is -1.68. The zero-order chi connectivity index (χ0) is 15.5. The second-order valence-corrected chi connectivity index (χ2v) is 13.0. The lowest BCUT2D eigenvalue weighted by Crippen LogP contribution is -2.42. The SMILES string of the molecule is CC(C)(C)[Si](C)(C)OC[C@@H]1CC(Sc2ccccc2)=CO1. The Morgan fingerprint density at radius 1 is 1.24 bits per heavy atom. The third-order valence-corrected chi connectivity index (χ3v) is 9.78. The van der Waals surface area contributed by atoms with Crippen molar-refractivity contribution in [3.8, 4) is 0 Å². The highest BCUT2D eigenvalue weighted by Crippen LogP contribution is 2.38. The van der Waals surface area contributed by atoms with E-state index >= 15 is 0 Å². The fourth-order valence-electron chi connectivity index (χ4n) is 1.81. The molecule has 0 saturated carbocycles. The fourth-order valence-corrected chi connectivity index (χ4v) is 3.82. The van der Waals surface area contributed by atoms with Crippen molar-refractivity contribution in [2.45, 2.75) is 56.3 Å². The normalized spacial score (nSPS) is 19.3. The molecule has 0 saturated heterocycles. The monoisotopic (exact) mass is 322 g/mol. The first kappa shape index (κ1) is 16.7. The van der Waals surface area contributed by atoms with Crippen LogP contribution in [0.3, 0.4) is 0 Å². The van der Waals surface area contributed by atoms with E-state index in [9.17, 15) is 0 Å². The topological polar surface area (TPSA) is 18.5 Å². The molecule has 0 spiro atoms. The summed E-state index contributed by atoms with van der Waals surface area (Å²) in [6.07, 6.45) is 3.02. The minimum atomic E-state index is -1.68. The summed E-state index contributed by atoms with van der Waals surface area (Å²) >= 11 is 1.79. The van der Waals surface area contributed by atoms with E-state index in [1.165, 1.54) is 9.80 Å². The molecule has 0 radical (unpaired) electrons. The highest BCUT2D eigenvalue weighted by molar-refractivity contribution is 8.03. The molecule has 0 bridgehead atoms. The van der Waals surface area contributed by atoms with Crippen LogP contribution >= 0.6 is 11.8 Å². The molecule has 1 aromatic rings. The molecule has 21 heavy (non-hydrogen) atoms. The summed E-state index contributed by atoms with van der Waals surface area (Å²) < 4.78 is 12.0. The van der Waals surface area contributed by atoms with Gasteiger partial charge in [0.25, 0.3) is 0 Å². The largest absolute Gasteiger partial charge is 0.494 e. The van der Waals surface area contributed by atoms with Crippen LogP contribution in [0.2, 0.25) is 18.1 Å². The number of benzene rings is 1. The molecule has 4 heteroatoms. The van der Waals surface area contributed by atoms with Crippen molar-refractivity contribution >= 4 is 20.1 Å². The molecule has 0 N–H and O–H groups in total. The molecule has 0 amide bonds. The van der Waals surface area contributed by atoms with E-state index in [0.29, 0.717) is 6.61 Å². The highest BCUT2D eigenvalue weighted by atomic mass is 32.2. The Kier molecular flexibility index (Phi) is 5.23. The molecule has 0 unspecified atom stereocenters. The van der Waals surface area contributed by atoms with Gasteiger partial charge in [-0.15, -0.1) is 0 Å². The van der Waals surface area contributed by atoms with Gasteiger partial charge in [0.05, 0.1) is 12.9 Å². The summed E-state index contributed by atoms with van der Waals surface area (Å²) in [4.78, 5) is 2.54. The second kappa shape index (κ2) is 6.59. The van der Waals surface area contributed by atoms with Gasteiger partial charge < -0.3 is 9.16 Å². The third kappa shape index (κ3) is 4.63. The number of thioether (sulfide) groups is 1. The molecule has 2 rings (SSSR count). The predicted octanol–water partition coefficient (Wildman–Crippen LogP) is 5.43. The zero-order valence-corrected chi connectivity index (χ0v) is 15.5. The molecule has 1 aliphatic heterocycles. The Bertz CT molecular complexity index is 491. The molecule has 1 heterocycles. The van der Waals surface area contributed by atoms with Crippen LogP contribution in [0.5, 0.6) is 0 Å². The zero-order valence-electron chi connectivity index (χ0n) is 13.7. The molecule has 0 aliphatic carbocycles. The van der Waals surface area contributed by atoms with Crippen LogP contribution in [-0.4, -0.2) is 21.0 Å². The van der Waals surface area contributed by atoms with Crippen molar-refractivity contribution in [1.29, 1.82) is 0 Å². The fraction of sp³-hybridized carbons (Fsp3) is 0.529. The lowest BCUT2D eigenvalue weighted by Gasteiger charge is -2.36. The van der Waals surface area contributed by atoms with Gasteiger partial charge in [0, 0.05) is 16.2 Å². The van der Waals surface area contributed by atoms with E-state index in [0.717, 1.165) is 6.42 Å². The van der Waals surface area contributed by atoms with Crippen molar-refractivity contribution in [1.82, 2.24) is 0 Å². The van der Waals surface area contributed by atoms with Crippen LogP contribution in [0, 0.1) is 0 Å². The summed E-state index contributed by atoms with van der Waals surface area (Å²) in [5, 5.41) is 0.251. The van der Waals surface area contributed by atoms with Gasteiger partial charge in [-0.25, -0.2) is 0 Å². The van der Waals surface area contributed by atoms with E-state index in [4.69, 9.17) is 9.16 Å². The van der Waals surface area contributed by atoms with Gasteiger partial charge in [-0.05, 0) is 30.3 Å². The highest BCUT2D eigenvalue weighted by Gasteiger charge is 2.38. The van der Waals surface area contributed by atoms with Gasteiger partial charge in [0.1, 0.15) is 6.10 Å². The van der Waals surface area contributed by atoms with Crippen LogP contribution in [-0.2, 0) is 9.16 Å². The van der Waals surface area contributed by atoms with Gasteiger partial charge in [0.2, 0.25) is 0 Å². The summed E-state index contributed by atoms with van der Waals surface area (Å²) in [5.41, 5.74) is 0. The molecule has 0 fully saturated rings. The Morgan fingerprint density at radius 2 is 1.90 bits per heavy atom. The Balaban J connectivity index is 1.80. The van der Waals surface area contributed by atoms with Crippen LogP contribution in [0.25, 0.3) is 0 Å². The van der Waals surface area contributed by atoms with Gasteiger partial charge in [-0.3, -0.25) is 0 Å². The van der Waals surface area contributed by atoms with Crippen LogP contribution in [0.1, 0.15) is 27.2 Å². The Morgan fingerprint density at radius 3 is 2.52 bits per heavy atom. The number of hydrogen-bond donors (Lipinski definition) is 0. The lowest BCUT2D eigenvalue weighted by molar-refractivity contribution is 0.101. The van der Waals surface area contributed by atoms with E-state index in [-0.39, 0.29) is 11.1 Å². The first-order chi connectivity index (χ1) is 9.78. The quantitative estimate of drug-likeness (QED) is 0.673. The maximum absolute atomic E-state index is 6.25. The first-order valence-corrected chi connectivity index (χ1v) is 11.2. The minimum absolute atomic E-state index is 0.172. The maximum Gasteiger partial charge on any atom is 0.192 e. The molecular formula is C17H26O2SSi. The molecule has 1 aliphatic rings. The number of rotatable bonds is 5. The smallest absolute Gasteiger partial charge is 0.192 e. The predicted molar refractivity (Wildman–Crippen MR) is 93.0 cm³/mol. The Labute approximate surface area is 134 Å². The van der Waals surface area contributed by atoms with Gasteiger partial charge in [-0.1, -0.05) is 50.7 Å². The minimum Gasteiger partial charge on any atom is -0.494 e. The molecule has 116 valence electrons. The van der Waals surface area contributed by atoms with Crippen molar-refractivity contribution in [3.05, 3.63) is 41.5 Å². The second-order valence-electron chi connectivity index (χ2n) is 7.03. The Hall–Kier alpha value is -0.713. The standard InChI is InChI=1S/C17H26O2SSi/c1-17(2,3)21(4,5)19-12-14-11-16(13-18-14)20-15-9-7-6-8-10-15/h6-10,13-14H,11-12H2,1-5H3/t14-/m0/s1. The van der Waals surface area contributed by atoms with Crippen molar-refractivity contribution < 1.29 is 9.16 Å². The van der Waals surface area contributed by atoms with Gasteiger partial charge >= 0.3 is 0 Å². The van der Waals surface area contributed by atoms with E-state index < -0.39 is 8.32 Å². The summed E-state index contributed by atoms with van der Waals surface area (Å²) in [5.74, 6) is 0. The summed E-state index contributed by atoms with van der Waals surface area (Å²) in [6, 6.07) is 10.4. The van der Waals surface area contributed by atoms with Crippen LogP contribution < -0.4 is 0 Å². The van der Waals surface area contributed by atoms with Crippen LogP contribution in [0.15, 0.2) is 46.4 Å². The van der Waals surface area contributed by atoms with Crippen LogP contribution in [0.4, 0.5) is 0 Å². The van der Waals surface area contributed by atoms with E-state index in [1.807, 2.05) is 12.3 Å². The van der Waals surface area contributed by atoms with Crippen molar-refractivity contribution in [2.75, 3.05) is 6.61 Å². The molecule has 1 atom stereocenters. The average molecular weight is 323 g/mol. The molecule has 2 nitrogen and oxygen atoms in total. The third-order valence-electron chi connectivity index (χ3n) is 4.25. The molecule has 1 aromatic carbocycles. The van der Waals surface area contributed by atoms with Crippen molar-refractivity contribution in [2.24, 2.45) is 0 Å². The lowest BCUT2D eigenvalue weighted by atomic mass is 10.2. The first-order valence-electron chi connectivity index (χ1n) is 7.49. The van der Waals surface area contributed by atoms with E-state index in [1.54, 1.807) is 11.8 Å². The van der Waals surface area contributed by atoms with Crippen molar-refractivity contribution in [3.63, 3.8) is 0 Å². The van der Waals surface area contributed by atoms with Gasteiger partial charge in [-0.2, -0.15) is 0 Å². The number of hydrogen-bond acceptors (Lipinski definition) is 3. The average Bonchev–Trinajstić information content (AvgIpc) is 2.84. The van der Waals surface area contributed by atoms with Gasteiger partial charge in [0.15, 0.2) is 8.32 Å². The molecule has 0 aromatic heterocycles.